The van der Waals surface area contributed by atoms with E-state index in [-0.39, 0.29) is 0 Å². The number of benzene rings is 1. The van der Waals surface area contributed by atoms with Gasteiger partial charge in [-0.05, 0) is 62.4 Å². The summed E-state index contributed by atoms with van der Waals surface area (Å²) in [5.41, 5.74) is 2.38. The number of fused-ring (bicyclic) bond motifs is 1. The lowest BCUT2D eigenvalue weighted by atomic mass is 9.79. The van der Waals surface area contributed by atoms with Crippen LogP contribution in [-0.2, 0) is 4.79 Å². The first-order valence-electron chi connectivity index (χ1n) is 7.29. The summed E-state index contributed by atoms with van der Waals surface area (Å²) >= 11 is 1.74. The number of aldehydes is 1. The van der Waals surface area contributed by atoms with Crippen molar-refractivity contribution in [3.8, 4) is 0 Å². The van der Waals surface area contributed by atoms with Crippen molar-refractivity contribution in [3.05, 3.63) is 28.8 Å². The maximum atomic E-state index is 11.1. The second-order valence-electron chi connectivity index (χ2n) is 5.56. The summed E-state index contributed by atoms with van der Waals surface area (Å²) in [5, 5.41) is 4.50. The van der Waals surface area contributed by atoms with E-state index in [9.17, 15) is 4.79 Å². The number of nitrogens with zero attached hydrogens (tertiary/aromatic N) is 1. The van der Waals surface area contributed by atoms with Crippen LogP contribution in [0.1, 0.15) is 35.8 Å². The van der Waals surface area contributed by atoms with Crippen LogP contribution >= 0.6 is 11.3 Å². The van der Waals surface area contributed by atoms with Gasteiger partial charge in [-0.3, -0.25) is 0 Å². The average molecular weight is 288 g/mol. The molecule has 0 amide bonds. The second-order valence-corrected chi connectivity index (χ2v) is 6.79. The van der Waals surface area contributed by atoms with E-state index >= 15 is 0 Å². The highest BCUT2D eigenvalue weighted by atomic mass is 32.1. The Balaban J connectivity index is 1.92. The van der Waals surface area contributed by atoms with Crippen molar-refractivity contribution in [3.63, 3.8) is 0 Å². The number of hydrogen-bond donors (Lipinski definition) is 1. The van der Waals surface area contributed by atoms with E-state index in [2.05, 4.69) is 28.5 Å². The summed E-state index contributed by atoms with van der Waals surface area (Å²) in [6, 6.07) is 6.51. The molecule has 1 saturated heterocycles. The molecule has 1 unspecified atom stereocenters. The van der Waals surface area contributed by atoms with Crippen LogP contribution in [0.25, 0.3) is 10.2 Å². The van der Waals surface area contributed by atoms with E-state index in [1.54, 1.807) is 11.3 Å². The standard InChI is InChI=1S/C16H20N2OS/c1-11-18-15-3-2-13(10-16(15)20-11)14(6-9-19)12-4-7-17-8-5-12/h2-3,9-10,12,14,17H,4-8H2,1H3. The molecule has 1 aromatic carbocycles. The van der Waals surface area contributed by atoms with Gasteiger partial charge in [-0.15, -0.1) is 11.3 Å². The van der Waals surface area contributed by atoms with Crippen molar-refractivity contribution in [1.82, 2.24) is 10.3 Å². The average Bonchev–Trinajstić information content (AvgIpc) is 2.84. The summed E-state index contributed by atoms with van der Waals surface area (Å²) in [6.45, 7) is 4.18. The van der Waals surface area contributed by atoms with E-state index in [1.807, 2.05) is 6.92 Å². The topological polar surface area (TPSA) is 42.0 Å². The lowest BCUT2D eigenvalue weighted by molar-refractivity contribution is -0.108. The third-order valence-electron chi connectivity index (χ3n) is 4.25. The van der Waals surface area contributed by atoms with Crippen molar-refractivity contribution in [2.45, 2.75) is 32.1 Å². The summed E-state index contributed by atoms with van der Waals surface area (Å²) < 4.78 is 1.24. The molecule has 20 heavy (non-hydrogen) atoms. The Morgan fingerprint density at radius 3 is 3.00 bits per heavy atom. The molecule has 4 heteroatoms. The number of nitrogens with one attached hydrogen (secondary N) is 1. The van der Waals surface area contributed by atoms with Gasteiger partial charge in [0.2, 0.25) is 0 Å². The van der Waals surface area contributed by atoms with Crippen molar-refractivity contribution >= 4 is 27.8 Å². The number of rotatable bonds is 4. The predicted octanol–water partition coefficient (Wildman–Crippen LogP) is 3.28. The predicted molar refractivity (Wildman–Crippen MR) is 83.4 cm³/mol. The van der Waals surface area contributed by atoms with Crippen molar-refractivity contribution in [2.75, 3.05) is 13.1 Å². The molecular formula is C16H20N2OS. The number of thiazole rings is 1. The summed E-state index contributed by atoms with van der Waals surface area (Å²) in [4.78, 5) is 15.6. The third-order valence-corrected chi connectivity index (χ3v) is 5.18. The lowest BCUT2D eigenvalue weighted by Gasteiger charge is -2.30. The zero-order valence-corrected chi connectivity index (χ0v) is 12.6. The Labute approximate surface area is 123 Å². The molecule has 0 saturated carbocycles. The minimum atomic E-state index is 0.362. The molecule has 3 rings (SSSR count). The normalized spacial score (nSPS) is 18.2. The SMILES string of the molecule is Cc1nc2ccc(C(CC=O)C3CCNCC3)cc2s1. The third kappa shape index (κ3) is 2.76. The molecule has 1 fully saturated rings. The van der Waals surface area contributed by atoms with Crippen LogP contribution in [-0.4, -0.2) is 24.4 Å². The first-order chi connectivity index (χ1) is 9.78. The zero-order chi connectivity index (χ0) is 13.9. The van der Waals surface area contributed by atoms with Crippen molar-refractivity contribution in [2.24, 2.45) is 5.92 Å². The lowest BCUT2D eigenvalue weighted by Crippen LogP contribution is -2.31. The molecule has 0 aliphatic carbocycles. The van der Waals surface area contributed by atoms with Crippen LogP contribution in [0.4, 0.5) is 0 Å². The molecule has 1 N–H and O–H groups in total. The highest BCUT2D eigenvalue weighted by Crippen LogP contribution is 2.35. The van der Waals surface area contributed by atoms with Gasteiger partial charge in [-0.25, -0.2) is 4.98 Å². The minimum Gasteiger partial charge on any atom is -0.317 e. The van der Waals surface area contributed by atoms with Crippen LogP contribution in [0.2, 0.25) is 0 Å². The Bertz CT molecular complexity index is 602. The van der Waals surface area contributed by atoms with Crippen molar-refractivity contribution in [1.29, 1.82) is 0 Å². The first-order valence-corrected chi connectivity index (χ1v) is 8.11. The fraction of sp³-hybridized carbons (Fsp3) is 0.500. The Morgan fingerprint density at radius 2 is 2.25 bits per heavy atom. The van der Waals surface area contributed by atoms with Gasteiger partial charge < -0.3 is 10.1 Å². The zero-order valence-electron chi connectivity index (χ0n) is 11.8. The van der Waals surface area contributed by atoms with Gasteiger partial charge >= 0.3 is 0 Å². The van der Waals surface area contributed by atoms with Crippen LogP contribution in [0.15, 0.2) is 18.2 Å². The highest BCUT2D eigenvalue weighted by molar-refractivity contribution is 7.18. The number of hydrogen-bond acceptors (Lipinski definition) is 4. The van der Waals surface area contributed by atoms with E-state index in [4.69, 9.17) is 0 Å². The van der Waals surface area contributed by atoms with E-state index in [0.717, 1.165) is 42.7 Å². The fourth-order valence-electron chi connectivity index (χ4n) is 3.24. The maximum absolute atomic E-state index is 11.1. The van der Waals surface area contributed by atoms with E-state index in [1.165, 1.54) is 10.3 Å². The molecule has 1 aliphatic heterocycles. The van der Waals surface area contributed by atoms with Gasteiger partial charge in [0.1, 0.15) is 6.29 Å². The Morgan fingerprint density at radius 1 is 1.45 bits per heavy atom. The Hall–Kier alpha value is -1.26. The number of piperidine rings is 1. The van der Waals surface area contributed by atoms with Crippen LogP contribution in [0, 0.1) is 12.8 Å². The van der Waals surface area contributed by atoms with E-state index < -0.39 is 0 Å². The van der Waals surface area contributed by atoms with Gasteiger partial charge in [0, 0.05) is 6.42 Å². The maximum Gasteiger partial charge on any atom is 0.120 e. The molecular weight excluding hydrogens is 268 g/mol. The van der Waals surface area contributed by atoms with Gasteiger partial charge in [0.05, 0.1) is 15.2 Å². The molecule has 3 nitrogen and oxygen atoms in total. The Kier molecular flexibility index (Phi) is 4.13. The van der Waals surface area contributed by atoms with Gasteiger partial charge in [-0.2, -0.15) is 0 Å². The molecule has 106 valence electrons. The highest BCUT2D eigenvalue weighted by Gasteiger charge is 2.25. The molecule has 1 aliphatic rings. The molecule has 0 bridgehead atoms. The van der Waals surface area contributed by atoms with Gasteiger partial charge in [-0.1, -0.05) is 6.07 Å². The number of aryl methyl sites for hydroxylation is 1. The summed E-state index contributed by atoms with van der Waals surface area (Å²) in [5.74, 6) is 0.981. The van der Waals surface area contributed by atoms with Gasteiger partial charge in [0.15, 0.2) is 0 Å². The fourth-order valence-corrected chi connectivity index (χ4v) is 4.11. The first kappa shape index (κ1) is 13.7. The van der Waals surface area contributed by atoms with E-state index in [0.29, 0.717) is 18.3 Å². The number of carbonyl (C=O) groups is 1. The molecule has 0 radical (unpaired) electrons. The molecule has 2 aromatic rings. The van der Waals surface area contributed by atoms with Crippen LogP contribution < -0.4 is 5.32 Å². The second kappa shape index (κ2) is 6.02. The largest absolute Gasteiger partial charge is 0.317 e. The van der Waals surface area contributed by atoms with Gasteiger partial charge in [0.25, 0.3) is 0 Å². The number of aromatic nitrogens is 1. The van der Waals surface area contributed by atoms with Crippen LogP contribution in [0.5, 0.6) is 0 Å². The molecule has 1 aromatic heterocycles. The quantitative estimate of drug-likeness (QED) is 0.878. The molecule has 0 spiro atoms. The number of carbonyl (C=O) groups excluding carboxylic acids is 1. The monoisotopic (exact) mass is 288 g/mol. The molecule has 2 heterocycles. The smallest absolute Gasteiger partial charge is 0.120 e. The molecule has 1 atom stereocenters. The summed E-state index contributed by atoms with van der Waals surface area (Å²) in [6.07, 6.45) is 4.04. The summed E-state index contributed by atoms with van der Waals surface area (Å²) in [7, 11) is 0. The van der Waals surface area contributed by atoms with Crippen molar-refractivity contribution < 1.29 is 4.79 Å². The van der Waals surface area contributed by atoms with Crippen LogP contribution in [0.3, 0.4) is 0 Å². The minimum absolute atomic E-state index is 0.362.